The predicted octanol–water partition coefficient (Wildman–Crippen LogP) is 3.07. The Labute approximate surface area is 150 Å². The number of guanidine groups is 1. The molecule has 1 aliphatic rings. The molecule has 0 aromatic carbocycles. The van der Waals surface area contributed by atoms with Crippen LogP contribution < -0.4 is 10.6 Å². The molecule has 1 aliphatic heterocycles. The van der Waals surface area contributed by atoms with E-state index in [4.69, 9.17) is 14.1 Å². The zero-order valence-corrected chi connectivity index (χ0v) is 15.8. The first-order valence-corrected chi connectivity index (χ1v) is 9.97. The molecule has 2 heterocycles. The van der Waals surface area contributed by atoms with Crippen LogP contribution in [0.4, 0.5) is 0 Å². The second-order valence-corrected chi connectivity index (χ2v) is 7.98. The Kier molecular flexibility index (Phi) is 8.53. The molecule has 1 unspecified atom stereocenters. The van der Waals surface area contributed by atoms with E-state index in [-0.39, 0.29) is 0 Å². The number of furan rings is 1. The van der Waals surface area contributed by atoms with Gasteiger partial charge in [-0.3, -0.25) is 4.99 Å². The number of nitrogens with zero attached hydrogens (tertiary/aromatic N) is 1. The highest BCUT2D eigenvalue weighted by Gasteiger charge is 2.29. The second kappa shape index (κ2) is 10.7. The monoisotopic (exact) mass is 353 g/mol. The molecular weight excluding hydrogens is 322 g/mol. The molecule has 136 valence electrons. The predicted molar refractivity (Wildman–Crippen MR) is 102 cm³/mol. The summed E-state index contributed by atoms with van der Waals surface area (Å²) >= 11 is 2.05. The maximum absolute atomic E-state index is 5.39. The van der Waals surface area contributed by atoms with Crippen molar-refractivity contribution in [3.05, 3.63) is 24.2 Å². The number of aliphatic imine (C=N–C) groups is 1. The van der Waals surface area contributed by atoms with E-state index in [2.05, 4.69) is 17.6 Å². The fourth-order valence-corrected chi connectivity index (χ4v) is 3.89. The zero-order valence-electron chi connectivity index (χ0n) is 15.0. The lowest BCUT2D eigenvalue weighted by Gasteiger charge is -2.21. The van der Waals surface area contributed by atoms with Gasteiger partial charge in [0.15, 0.2) is 5.96 Å². The van der Waals surface area contributed by atoms with Crippen molar-refractivity contribution in [1.82, 2.24) is 10.6 Å². The zero-order chi connectivity index (χ0) is 17.1. The summed E-state index contributed by atoms with van der Waals surface area (Å²) in [6.07, 6.45) is 6.12. The van der Waals surface area contributed by atoms with Crippen LogP contribution in [0.5, 0.6) is 0 Å². The van der Waals surface area contributed by atoms with Crippen LogP contribution in [0.3, 0.4) is 0 Å². The van der Waals surface area contributed by atoms with Gasteiger partial charge in [0.2, 0.25) is 0 Å². The summed E-state index contributed by atoms with van der Waals surface area (Å²) in [7, 11) is 0. The van der Waals surface area contributed by atoms with Gasteiger partial charge in [0.05, 0.1) is 12.8 Å². The number of ether oxygens (including phenoxy) is 1. The first kappa shape index (κ1) is 19.2. The number of hydrogen-bond donors (Lipinski definition) is 2. The van der Waals surface area contributed by atoms with Gasteiger partial charge in [0, 0.05) is 37.5 Å². The maximum Gasteiger partial charge on any atom is 0.191 e. The third-order valence-electron chi connectivity index (χ3n) is 4.08. The van der Waals surface area contributed by atoms with Gasteiger partial charge in [-0.15, -0.1) is 0 Å². The third-order valence-corrected chi connectivity index (χ3v) is 5.60. The summed E-state index contributed by atoms with van der Waals surface area (Å²) in [6.45, 7) is 8.46. The molecule has 1 saturated heterocycles. The Bertz CT molecular complexity index is 471. The average Bonchev–Trinajstić information content (AvgIpc) is 3.24. The van der Waals surface area contributed by atoms with Crippen LogP contribution in [0.15, 0.2) is 27.8 Å². The summed E-state index contributed by atoms with van der Waals surface area (Å²) in [5.74, 6) is 3.15. The van der Waals surface area contributed by atoms with Crippen LogP contribution in [0.1, 0.15) is 38.9 Å². The molecule has 2 rings (SSSR count). The molecule has 5 nitrogen and oxygen atoms in total. The lowest BCUT2D eigenvalue weighted by Crippen LogP contribution is -2.40. The van der Waals surface area contributed by atoms with Crippen molar-refractivity contribution >= 4 is 17.7 Å². The van der Waals surface area contributed by atoms with Crippen molar-refractivity contribution in [2.45, 2.75) is 44.3 Å². The van der Waals surface area contributed by atoms with Gasteiger partial charge >= 0.3 is 0 Å². The highest BCUT2D eigenvalue weighted by Crippen LogP contribution is 2.37. The lowest BCUT2D eigenvalue weighted by atomic mass is 10.1. The Morgan fingerprint density at radius 2 is 2.29 bits per heavy atom. The smallest absolute Gasteiger partial charge is 0.191 e. The van der Waals surface area contributed by atoms with E-state index >= 15 is 0 Å². The third kappa shape index (κ3) is 7.18. The Hall–Kier alpha value is -1.14. The number of nitrogens with one attached hydrogen (secondary N) is 2. The molecule has 1 aromatic heterocycles. The van der Waals surface area contributed by atoms with E-state index in [1.807, 2.05) is 30.8 Å². The van der Waals surface area contributed by atoms with Gasteiger partial charge in [-0.1, -0.05) is 0 Å². The molecule has 0 amide bonds. The lowest BCUT2D eigenvalue weighted by molar-refractivity contribution is 0.145. The fourth-order valence-electron chi connectivity index (χ4n) is 2.67. The van der Waals surface area contributed by atoms with E-state index in [0.29, 0.717) is 4.75 Å². The summed E-state index contributed by atoms with van der Waals surface area (Å²) in [5.41, 5.74) is 0. The van der Waals surface area contributed by atoms with Gasteiger partial charge < -0.3 is 19.8 Å². The van der Waals surface area contributed by atoms with Crippen molar-refractivity contribution in [3.8, 4) is 0 Å². The number of rotatable bonds is 10. The molecule has 1 atom stereocenters. The summed E-state index contributed by atoms with van der Waals surface area (Å²) in [5, 5.41) is 6.84. The molecule has 0 spiro atoms. The highest BCUT2D eigenvalue weighted by atomic mass is 32.2. The molecule has 1 fully saturated rings. The van der Waals surface area contributed by atoms with Crippen molar-refractivity contribution < 1.29 is 9.15 Å². The van der Waals surface area contributed by atoms with Gasteiger partial charge in [-0.25, -0.2) is 0 Å². The van der Waals surface area contributed by atoms with Crippen LogP contribution in [0.2, 0.25) is 0 Å². The quantitative estimate of drug-likeness (QED) is 0.385. The Morgan fingerprint density at radius 3 is 3.00 bits per heavy atom. The average molecular weight is 354 g/mol. The summed E-state index contributed by atoms with van der Waals surface area (Å²) < 4.78 is 11.1. The van der Waals surface area contributed by atoms with E-state index < -0.39 is 0 Å². The minimum atomic E-state index is 0.293. The largest absolute Gasteiger partial charge is 0.469 e. The standard InChI is InChI=1S/C18H31N3O2S/c1-3-22-12-6-10-19-17(20-11-8-16-7-4-13-23-16)21-15-18(2)9-5-14-24-18/h4,7,13H,3,5-6,8-12,14-15H2,1-2H3,(H2,19,20,21). The van der Waals surface area contributed by atoms with Crippen molar-refractivity contribution in [2.75, 3.05) is 38.6 Å². The first-order chi connectivity index (χ1) is 11.7. The van der Waals surface area contributed by atoms with E-state index in [1.54, 1.807) is 6.26 Å². The Balaban J connectivity index is 1.77. The fraction of sp³-hybridized carbons (Fsp3) is 0.722. The molecule has 0 saturated carbocycles. The topological polar surface area (TPSA) is 58.8 Å². The minimum absolute atomic E-state index is 0.293. The van der Waals surface area contributed by atoms with Gasteiger partial charge in [-0.2, -0.15) is 11.8 Å². The van der Waals surface area contributed by atoms with Gasteiger partial charge in [0.25, 0.3) is 0 Å². The van der Waals surface area contributed by atoms with Crippen LogP contribution in [-0.4, -0.2) is 49.3 Å². The molecule has 6 heteroatoms. The van der Waals surface area contributed by atoms with E-state index in [1.165, 1.54) is 18.6 Å². The van der Waals surface area contributed by atoms with Crippen LogP contribution in [0.25, 0.3) is 0 Å². The van der Waals surface area contributed by atoms with Crippen molar-refractivity contribution in [3.63, 3.8) is 0 Å². The minimum Gasteiger partial charge on any atom is -0.469 e. The molecule has 0 aliphatic carbocycles. The highest BCUT2D eigenvalue weighted by molar-refractivity contribution is 8.00. The summed E-state index contributed by atoms with van der Waals surface area (Å²) in [4.78, 5) is 4.82. The Morgan fingerprint density at radius 1 is 1.42 bits per heavy atom. The van der Waals surface area contributed by atoms with Crippen LogP contribution in [-0.2, 0) is 11.2 Å². The molecule has 1 aromatic rings. The van der Waals surface area contributed by atoms with Crippen molar-refractivity contribution in [1.29, 1.82) is 0 Å². The van der Waals surface area contributed by atoms with Crippen molar-refractivity contribution in [2.24, 2.45) is 4.99 Å². The molecule has 0 bridgehead atoms. The molecule has 0 radical (unpaired) electrons. The van der Waals surface area contributed by atoms with Gasteiger partial charge in [0.1, 0.15) is 5.76 Å². The van der Waals surface area contributed by atoms with E-state index in [9.17, 15) is 0 Å². The van der Waals surface area contributed by atoms with Crippen LogP contribution >= 0.6 is 11.8 Å². The van der Waals surface area contributed by atoms with E-state index in [0.717, 1.165) is 57.4 Å². The molecule has 2 N–H and O–H groups in total. The van der Waals surface area contributed by atoms with Gasteiger partial charge in [-0.05, 0) is 51.0 Å². The normalized spacial score (nSPS) is 21.2. The maximum atomic E-state index is 5.39. The second-order valence-electron chi connectivity index (χ2n) is 6.30. The van der Waals surface area contributed by atoms with Crippen LogP contribution in [0, 0.1) is 0 Å². The first-order valence-electron chi connectivity index (χ1n) is 8.98. The number of hydrogen-bond acceptors (Lipinski definition) is 4. The molecule has 24 heavy (non-hydrogen) atoms. The SMILES string of the molecule is CCOCCCNC(=NCC1(C)CCCS1)NCCc1ccco1. The summed E-state index contributed by atoms with van der Waals surface area (Å²) in [6, 6.07) is 3.93. The number of thioether (sulfide) groups is 1. The molecular formula is C18H31N3O2S.